The number of piperidine rings is 1. The van der Waals surface area contributed by atoms with E-state index in [2.05, 4.69) is 0 Å². The first-order valence-electron chi connectivity index (χ1n) is 7.51. The van der Waals surface area contributed by atoms with Crippen molar-refractivity contribution in [1.82, 2.24) is 4.90 Å². The summed E-state index contributed by atoms with van der Waals surface area (Å²) in [7, 11) is 0. The normalized spacial score (nSPS) is 18.0. The molecule has 1 aliphatic rings. The summed E-state index contributed by atoms with van der Waals surface area (Å²) >= 11 is 0. The smallest absolute Gasteiger partial charge is 0.342 e. The first-order chi connectivity index (χ1) is 10.5. The Bertz CT molecular complexity index is 557. The number of hydrogen-bond donors (Lipinski definition) is 2. The second kappa shape index (κ2) is 7.15. The van der Waals surface area contributed by atoms with Crippen LogP contribution in [0.4, 0.5) is 0 Å². The molecule has 1 atom stereocenters. The van der Waals surface area contributed by atoms with Crippen LogP contribution in [-0.2, 0) is 9.53 Å². The number of rotatable bonds is 4. The van der Waals surface area contributed by atoms with E-state index < -0.39 is 5.97 Å². The van der Waals surface area contributed by atoms with Gasteiger partial charge in [-0.3, -0.25) is 4.79 Å². The first kappa shape index (κ1) is 16.1. The van der Waals surface area contributed by atoms with E-state index in [9.17, 15) is 19.8 Å². The number of hydrogen-bond acceptors (Lipinski definition) is 5. The summed E-state index contributed by atoms with van der Waals surface area (Å²) < 4.78 is 4.98. The Kier molecular flexibility index (Phi) is 5.25. The molecule has 0 aromatic heterocycles. The lowest BCUT2D eigenvalue weighted by Gasteiger charge is -2.35. The number of phenols is 2. The van der Waals surface area contributed by atoms with E-state index >= 15 is 0 Å². The summed E-state index contributed by atoms with van der Waals surface area (Å²) in [5.41, 5.74) is -0.0729. The zero-order valence-corrected chi connectivity index (χ0v) is 12.6. The zero-order chi connectivity index (χ0) is 16.1. The number of aromatic hydroxyl groups is 2. The molecule has 1 aromatic carbocycles. The van der Waals surface area contributed by atoms with Crippen LogP contribution in [0.3, 0.4) is 0 Å². The number of carbonyl (C=O) groups is 2. The molecule has 0 aliphatic carbocycles. The van der Waals surface area contributed by atoms with Crippen molar-refractivity contribution in [2.75, 3.05) is 13.2 Å². The molecule has 0 bridgehead atoms. The van der Waals surface area contributed by atoms with Crippen molar-refractivity contribution in [2.45, 2.75) is 38.6 Å². The number of amides is 1. The predicted molar refractivity (Wildman–Crippen MR) is 79.7 cm³/mol. The van der Waals surface area contributed by atoms with Gasteiger partial charge in [-0.05, 0) is 37.8 Å². The summed E-state index contributed by atoms with van der Waals surface area (Å²) in [6.07, 6.45) is 3.95. The van der Waals surface area contributed by atoms with Crippen molar-refractivity contribution < 1.29 is 24.5 Å². The molecule has 1 aromatic rings. The predicted octanol–water partition coefficient (Wildman–Crippen LogP) is 2.05. The summed E-state index contributed by atoms with van der Waals surface area (Å²) in [6.45, 7) is 2.39. The third kappa shape index (κ3) is 3.69. The fourth-order valence-corrected chi connectivity index (χ4v) is 2.73. The van der Waals surface area contributed by atoms with Gasteiger partial charge in [-0.15, -0.1) is 0 Å². The maximum atomic E-state index is 12.2. The molecular formula is C16H21NO5. The Morgan fingerprint density at radius 3 is 2.77 bits per heavy atom. The molecule has 0 unspecified atom stereocenters. The van der Waals surface area contributed by atoms with Crippen LogP contribution >= 0.6 is 0 Å². The number of ether oxygens (including phenoxy) is 1. The van der Waals surface area contributed by atoms with Gasteiger partial charge in [-0.1, -0.05) is 6.92 Å². The van der Waals surface area contributed by atoms with Gasteiger partial charge < -0.3 is 19.8 Å². The highest BCUT2D eigenvalue weighted by atomic mass is 16.5. The largest absolute Gasteiger partial charge is 0.508 e. The maximum absolute atomic E-state index is 12.2. The van der Waals surface area contributed by atoms with Gasteiger partial charge in [0, 0.05) is 18.7 Å². The number of nitrogens with zero attached hydrogens (tertiary/aromatic N) is 1. The molecule has 6 heteroatoms. The third-order valence-corrected chi connectivity index (χ3v) is 3.95. The Labute approximate surface area is 129 Å². The molecule has 2 rings (SSSR count). The number of esters is 1. The standard InChI is InChI=1S/C16H21NO5/c1-2-11-5-3-4-8-17(11)15(20)10-22-16(21)13-7-6-12(18)9-14(13)19/h6-7,9,11,18-19H,2-5,8,10H2,1H3/t11-/m1/s1. The molecule has 120 valence electrons. The lowest BCUT2D eigenvalue weighted by atomic mass is 10.00. The van der Waals surface area contributed by atoms with Crippen molar-refractivity contribution in [3.63, 3.8) is 0 Å². The van der Waals surface area contributed by atoms with Crippen LogP contribution in [0, 0.1) is 0 Å². The van der Waals surface area contributed by atoms with Crippen LogP contribution in [0.5, 0.6) is 11.5 Å². The number of likely N-dealkylation sites (tertiary alicyclic amines) is 1. The molecule has 0 radical (unpaired) electrons. The summed E-state index contributed by atoms with van der Waals surface area (Å²) in [5.74, 6) is -1.51. The van der Waals surface area contributed by atoms with Gasteiger partial charge in [0.05, 0.1) is 0 Å². The van der Waals surface area contributed by atoms with E-state index in [0.717, 1.165) is 31.7 Å². The minimum absolute atomic E-state index is 0.0729. The lowest BCUT2D eigenvalue weighted by molar-refractivity contribution is -0.138. The van der Waals surface area contributed by atoms with Gasteiger partial charge in [0.1, 0.15) is 17.1 Å². The van der Waals surface area contributed by atoms with Gasteiger partial charge >= 0.3 is 5.97 Å². The van der Waals surface area contributed by atoms with E-state index in [1.165, 1.54) is 12.1 Å². The number of benzene rings is 1. The van der Waals surface area contributed by atoms with E-state index in [1.807, 2.05) is 6.92 Å². The number of phenolic OH excluding ortho intramolecular Hbond substituents is 2. The van der Waals surface area contributed by atoms with Crippen LogP contribution in [-0.4, -0.2) is 46.2 Å². The second-order valence-corrected chi connectivity index (χ2v) is 5.42. The molecule has 2 N–H and O–H groups in total. The Hall–Kier alpha value is -2.24. The fourth-order valence-electron chi connectivity index (χ4n) is 2.73. The highest BCUT2D eigenvalue weighted by Gasteiger charge is 2.26. The monoisotopic (exact) mass is 307 g/mol. The molecular weight excluding hydrogens is 286 g/mol. The van der Waals surface area contributed by atoms with E-state index in [-0.39, 0.29) is 35.6 Å². The Morgan fingerprint density at radius 1 is 1.32 bits per heavy atom. The van der Waals surface area contributed by atoms with Gasteiger partial charge in [-0.25, -0.2) is 4.79 Å². The molecule has 0 saturated carbocycles. The molecule has 1 amide bonds. The minimum atomic E-state index is -0.782. The van der Waals surface area contributed by atoms with Crippen LogP contribution in [0.25, 0.3) is 0 Å². The minimum Gasteiger partial charge on any atom is -0.508 e. The summed E-state index contributed by atoms with van der Waals surface area (Å²) in [6, 6.07) is 3.79. The highest BCUT2D eigenvalue weighted by Crippen LogP contribution is 2.23. The zero-order valence-electron chi connectivity index (χ0n) is 12.6. The van der Waals surface area contributed by atoms with Gasteiger partial charge in [0.2, 0.25) is 0 Å². The van der Waals surface area contributed by atoms with E-state index in [0.29, 0.717) is 6.54 Å². The van der Waals surface area contributed by atoms with Crippen molar-refractivity contribution in [2.24, 2.45) is 0 Å². The molecule has 1 saturated heterocycles. The number of carbonyl (C=O) groups excluding carboxylic acids is 2. The Morgan fingerprint density at radius 2 is 2.09 bits per heavy atom. The van der Waals surface area contributed by atoms with E-state index in [1.54, 1.807) is 4.90 Å². The quantitative estimate of drug-likeness (QED) is 0.831. The Balaban J connectivity index is 1.94. The molecule has 22 heavy (non-hydrogen) atoms. The summed E-state index contributed by atoms with van der Waals surface area (Å²) in [4.78, 5) is 25.8. The summed E-state index contributed by atoms with van der Waals surface area (Å²) in [5, 5.41) is 18.8. The SMILES string of the molecule is CC[C@@H]1CCCCN1C(=O)COC(=O)c1ccc(O)cc1O. The van der Waals surface area contributed by atoms with Crippen LogP contribution < -0.4 is 0 Å². The van der Waals surface area contributed by atoms with Crippen molar-refractivity contribution >= 4 is 11.9 Å². The molecule has 6 nitrogen and oxygen atoms in total. The van der Waals surface area contributed by atoms with Crippen molar-refractivity contribution in [1.29, 1.82) is 0 Å². The fraction of sp³-hybridized carbons (Fsp3) is 0.500. The average molecular weight is 307 g/mol. The second-order valence-electron chi connectivity index (χ2n) is 5.42. The van der Waals surface area contributed by atoms with Crippen LogP contribution in [0.15, 0.2) is 18.2 Å². The van der Waals surface area contributed by atoms with Crippen molar-refractivity contribution in [3.8, 4) is 11.5 Å². The van der Waals surface area contributed by atoms with Crippen molar-refractivity contribution in [3.05, 3.63) is 23.8 Å². The van der Waals surface area contributed by atoms with Gasteiger partial charge in [0.25, 0.3) is 5.91 Å². The third-order valence-electron chi connectivity index (χ3n) is 3.95. The van der Waals surface area contributed by atoms with Crippen LogP contribution in [0.1, 0.15) is 43.0 Å². The van der Waals surface area contributed by atoms with E-state index in [4.69, 9.17) is 4.74 Å². The van der Waals surface area contributed by atoms with Gasteiger partial charge in [0.15, 0.2) is 6.61 Å². The highest BCUT2D eigenvalue weighted by molar-refractivity contribution is 5.94. The van der Waals surface area contributed by atoms with Gasteiger partial charge in [-0.2, -0.15) is 0 Å². The first-order valence-corrected chi connectivity index (χ1v) is 7.51. The topological polar surface area (TPSA) is 87.1 Å². The molecule has 1 aliphatic heterocycles. The lowest BCUT2D eigenvalue weighted by Crippen LogP contribution is -2.45. The average Bonchev–Trinajstić information content (AvgIpc) is 2.52. The molecule has 1 fully saturated rings. The van der Waals surface area contributed by atoms with Crippen LogP contribution in [0.2, 0.25) is 0 Å². The molecule has 1 heterocycles. The molecule has 0 spiro atoms. The maximum Gasteiger partial charge on any atom is 0.342 e.